The van der Waals surface area contributed by atoms with Crippen LogP contribution in [0.3, 0.4) is 0 Å². The summed E-state index contributed by atoms with van der Waals surface area (Å²) in [5, 5.41) is 6.48. The van der Waals surface area contributed by atoms with Gasteiger partial charge in [-0.3, -0.25) is 19.0 Å². The molecule has 9 heteroatoms. The second-order valence-corrected chi connectivity index (χ2v) is 10.7. The van der Waals surface area contributed by atoms with Crippen LogP contribution in [0.5, 0.6) is 0 Å². The Hall–Kier alpha value is -3.20. The molecule has 0 saturated heterocycles. The van der Waals surface area contributed by atoms with Crippen LogP contribution >= 0.6 is 11.3 Å². The molecular weight excluding hydrogens is 486 g/mol. The predicted molar refractivity (Wildman–Crippen MR) is 149 cm³/mol. The van der Waals surface area contributed by atoms with Gasteiger partial charge in [0.15, 0.2) is 0 Å². The summed E-state index contributed by atoms with van der Waals surface area (Å²) < 4.78 is 1.39. The highest BCUT2D eigenvalue weighted by Gasteiger charge is 2.20. The van der Waals surface area contributed by atoms with Crippen molar-refractivity contribution in [3.05, 3.63) is 57.0 Å². The van der Waals surface area contributed by atoms with Gasteiger partial charge in [-0.15, -0.1) is 11.3 Å². The molecule has 0 radical (unpaired) electrons. The van der Waals surface area contributed by atoms with Crippen molar-refractivity contribution >= 4 is 39.1 Å². The predicted octanol–water partition coefficient (Wildman–Crippen LogP) is 3.57. The van der Waals surface area contributed by atoms with E-state index >= 15 is 0 Å². The van der Waals surface area contributed by atoms with E-state index < -0.39 is 0 Å². The van der Waals surface area contributed by atoms with Gasteiger partial charge in [0.1, 0.15) is 11.4 Å². The van der Waals surface area contributed by atoms with Gasteiger partial charge in [-0.2, -0.15) is 0 Å². The molecule has 1 aliphatic rings. The molecule has 37 heavy (non-hydrogen) atoms. The van der Waals surface area contributed by atoms with Gasteiger partial charge in [-0.05, 0) is 75.6 Å². The lowest BCUT2D eigenvalue weighted by Crippen LogP contribution is -2.34. The number of carbonyl (C=O) groups is 2. The number of nitrogens with one attached hydrogen (secondary N) is 2. The molecule has 0 unspecified atom stereocenters. The van der Waals surface area contributed by atoms with Crippen molar-refractivity contribution in [1.82, 2.24) is 20.2 Å². The van der Waals surface area contributed by atoms with Crippen LogP contribution in [-0.2, 0) is 29.0 Å². The number of benzene rings is 1. The Labute approximate surface area is 222 Å². The zero-order valence-corrected chi connectivity index (χ0v) is 22.7. The Bertz CT molecular complexity index is 1300. The monoisotopic (exact) mass is 523 g/mol. The summed E-state index contributed by atoms with van der Waals surface area (Å²) >= 11 is 1.60. The van der Waals surface area contributed by atoms with Crippen molar-refractivity contribution in [1.29, 1.82) is 0 Å². The number of hydrogen-bond acceptors (Lipinski definition) is 6. The van der Waals surface area contributed by atoms with E-state index in [1.54, 1.807) is 11.3 Å². The molecule has 2 aromatic heterocycles. The van der Waals surface area contributed by atoms with Crippen LogP contribution in [0, 0.1) is 6.92 Å². The van der Waals surface area contributed by atoms with E-state index in [0.717, 1.165) is 55.6 Å². The Balaban J connectivity index is 1.14. The molecule has 2 amide bonds. The molecule has 2 heterocycles. The normalized spacial score (nSPS) is 12.8. The van der Waals surface area contributed by atoms with Crippen LogP contribution in [0.25, 0.3) is 10.2 Å². The molecule has 0 saturated carbocycles. The number of hydrogen-bond donors (Lipinski definition) is 2. The smallest absolute Gasteiger partial charge is 0.262 e. The van der Waals surface area contributed by atoms with Crippen molar-refractivity contribution in [2.45, 2.75) is 65.3 Å². The fourth-order valence-electron chi connectivity index (χ4n) is 4.86. The second-order valence-electron chi connectivity index (χ2n) is 9.64. The van der Waals surface area contributed by atoms with E-state index in [9.17, 15) is 14.4 Å². The molecule has 8 nitrogen and oxygen atoms in total. The van der Waals surface area contributed by atoms with Gasteiger partial charge in [0, 0.05) is 43.2 Å². The Morgan fingerprint density at radius 1 is 1.11 bits per heavy atom. The molecule has 0 atom stereocenters. The molecule has 2 N–H and O–H groups in total. The largest absolute Gasteiger partial charge is 0.372 e. The third-order valence-corrected chi connectivity index (χ3v) is 8.03. The maximum absolute atomic E-state index is 13.0. The van der Waals surface area contributed by atoms with Gasteiger partial charge in [0.25, 0.3) is 5.56 Å². The average molecular weight is 524 g/mol. The minimum Gasteiger partial charge on any atom is -0.372 e. The standard InChI is InChI=1S/C28H37N5O3S/c1-3-32(21-10-6-9-20(2)17-21)16-8-15-29-24(34)13-7-14-30-25(35)18-33-19-31-27-26(28(33)36)22-11-4-5-12-23(22)37-27/h6,9-10,17,19H,3-5,7-8,11-16,18H2,1-2H3,(H,29,34)(H,30,35). The highest BCUT2D eigenvalue weighted by molar-refractivity contribution is 7.18. The first kappa shape index (κ1) is 26.9. The first-order chi connectivity index (χ1) is 18.0. The first-order valence-electron chi connectivity index (χ1n) is 13.3. The number of amides is 2. The maximum Gasteiger partial charge on any atom is 0.262 e. The zero-order valence-electron chi connectivity index (χ0n) is 21.8. The van der Waals surface area contributed by atoms with Gasteiger partial charge >= 0.3 is 0 Å². The minimum atomic E-state index is -0.247. The maximum atomic E-state index is 13.0. The van der Waals surface area contributed by atoms with Crippen molar-refractivity contribution in [3.8, 4) is 0 Å². The topological polar surface area (TPSA) is 96.3 Å². The molecule has 3 aromatic rings. The molecular formula is C28H37N5O3S. The third kappa shape index (κ3) is 6.97. The van der Waals surface area contributed by atoms with E-state index in [2.05, 4.69) is 58.6 Å². The van der Waals surface area contributed by atoms with E-state index in [0.29, 0.717) is 31.3 Å². The number of thiophene rings is 1. The molecule has 0 aliphatic heterocycles. The molecule has 0 fully saturated rings. The Kier molecular flexibility index (Phi) is 9.33. The van der Waals surface area contributed by atoms with Crippen LogP contribution in [0.4, 0.5) is 5.69 Å². The average Bonchev–Trinajstić information content (AvgIpc) is 3.28. The van der Waals surface area contributed by atoms with E-state index in [-0.39, 0.29) is 23.9 Å². The fourth-order valence-corrected chi connectivity index (χ4v) is 6.08. The number of nitrogens with zero attached hydrogens (tertiary/aromatic N) is 3. The molecule has 4 rings (SSSR count). The van der Waals surface area contributed by atoms with Gasteiger partial charge in [0.2, 0.25) is 11.8 Å². The minimum absolute atomic E-state index is 0.0130. The van der Waals surface area contributed by atoms with Crippen LogP contribution in [0.2, 0.25) is 0 Å². The summed E-state index contributed by atoms with van der Waals surface area (Å²) in [6.45, 7) is 6.97. The van der Waals surface area contributed by atoms with Crippen LogP contribution in [0.1, 0.15) is 55.0 Å². The second kappa shape index (κ2) is 12.9. The zero-order chi connectivity index (χ0) is 26.2. The first-order valence-corrected chi connectivity index (χ1v) is 14.1. The number of fused-ring (bicyclic) bond motifs is 3. The number of anilines is 1. The highest BCUT2D eigenvalue weighted by Crippen LogP contribution is 2.33. The number of carbonyl (C=O) groups excluding carboxylic acids is 2. The lowest BCUT2D eigenvalue weighted by atomic mass is 9.97. The SMILES string of the molecule is CCN(CCCNC(=O)CCCNC(=O)Cn1cnc2sc3c(c2c1=O)CCCC3)c1cccc(C)c1. The van der Waals surface area contributed by atoms with Gasteiger partial charge in [-0.25, -0.2) is 4.98 Å². The molecule has 1 aliphatic carbocycles. The quantitative estimate of drug-likeness (QED) is 0.354. The number of rotatable bonds is 12. The summed E-state index contributed by atoms with van der Waals surface area (Å²) in [5.74, 6) is -0.260. The van der Waals surface area contributed by atoms with Crippen LogP contribution < -0.4 is 21.1 Å². The van der Waals surface area contributed by atoms with Crippen LogP contribution in [0.15, 0.2) is 35.4 Å². The van der Waals surface area contributed by atoms with Crippen molar-refractivity contribution in [2.24, 2.45) is 0 Å². The van der Waals surface area contributed by atoms with Gasteiger partial charge in [0.05, 0.1) is 11.7 Å². The fraction of sp³-hybridized carbons (Fsp3) is 0.500. The molecule has 1 aromatic carbocycles. The third-order valence-electron chi connectivity index (χ3n) is 6.83. The highest BCUT2D eigenvalue weighted by atomic mass is 32.1. The lowest BCUT2D eigenvalue weighted by Gasteiger charge is -2.23. The van der Waals surface area contributed by atoms with E-state index in [1.165, 1.54) is 27.0 Å². The summed E-state index contributed by atoms with van der Waals surface area (Å²) in [6.07, 6.45) is 7.40. The van der Waals surface area contributed by atoms with Crippen molar-refractivity contribution < 1.29 is 9.59 Å². The lowest BCUT2D eigenvalue weighted by molar-refractivity contribution is -0.123. The number of aromatic nitrogens is 2. The summed E-state index contributed by atoms with van der Waals surface area (Å²) in [5.41, 5.74) is 3.43. The van der Waals surface area contributed by atoms with E-state index in [1.807, 2.05) is 0 Å². The summed E-state index contributed by atoms with van der Waals surface area (Å²) in [6, 6.07) is 8.45. The Morgan fingerprint density at radius 3 is 2.70 bits per heavy atom. The van der Waals surface area contributed by atoms with Crippen LogP contribution in [-0.4, -0.2) is 47.5 Å². The molecule has 198 valence electrons. The number of aryl methyl sites for hydroxylation is 3. The van der Waals surface area contributed by atoms with Gasteiger partial charge < -0.3 is 15.5 Å². The summed E-state index contributed by atoms with van der Waals surface area (Å²) in [7, 11) is 0. The summed E-state index contributed by atoms with van der Waals surface area (Å²) in [4.78, 5) is 46.4. The van der Waals surface area contributed by atoms with Crippen molar-refractivity contribution in [2.75, 3.05) is 31.1 Å². The molecule has 0 bridgehead atoms. The van der Waals surface area contributed by atoms with E-state index in [4.69, 9.17) is 0 Å². The van der Waals surface area contributed by atoms with Gasteiger partial charge in [-0.1, -0.05) is 12.1 Å². The molecule has 0 spiro atoms. The Morgan fingerprint density at radius 2 is 1.89 bits per heavy atom. The van der Waals surface area contributed by atoms with Crippen molar-refractivity contribution in [3.63, 3.8) is 0 Å².